The lowest BCUT2D eigenvalue weighted by Gasteiger charge is -2.30. The molecule has 1 aliphatic heterocycles. The van der Waals surface area contributed by atoms with Crippen LogP contribution in [0, 0.1) is 13.8 Å². The Hall–Kier alpha value is -1.91. The van der Waals surface area contributed by atoms with Crippen LogP contribution in [0.4, 0.5) is 5.82 Å². The summed E-state index contributed by atoms with van der Waals surface area (Å²) in [4.78, 5) is 16.5. The molecule has 5 heteroatoms. The van der Waals surface area contributed by atoms with Crippen molar-refractivity contribution in [1.29, 1.82) is 0 Å². The Morgan fingerprint density at radius 1 is 1.13 bits per heavy atom. The average Bonchev–Trinajstić information content (AvgIpc) is 3.16. The third-order valence-corrected chi connectivity index (χ3v) is 5.25. The smallest absolute Gasteiger partial charge is 0.136 e. The van der Waals surface area contributed by atoms with E-state index in [0.717, 1.165) is 37.6 Å². The topological polar surface area (TPSA) is 46.8 Å². The highest BCUT2D eigenvalue weighted by Crippen LogP contribution is 2.33. The molecule has 1 saturated heterocycles. The number of fused-ring (bicyclic) bond motifs is 1. The van der Waals surface area contributed by atoms with Crippen LogP contribution in [0.15, 0.2) is 12.4 Å². The van der Waals surface area contributed by atoms with E-state index >= 15 is 0 Å². The van der Waals surface area contributed by atoms with E-state index < -0.39 is 0 Å². The molecule has 1 atom stereocenters. The maximum Gasteiger partial charge on any atom is 0.136 e. The molecule has 23 heavy (non-hydrogen) atoms. The summed E-state index contributed by atoms with van der Waals surface area (Å²) >= 11 is 0. The summed E-state index contributed by atoms with van der Waals surface area (Å²) in [5.74, 6) is 3.23. The second-order valence-electron chi connectivity index (χ2n) is 6.84. The Morgan fingerprint density at radius 2 is 2.00 bits per heavy atom. The summed E-state index contributed by atoms with van der Waals surface area (Å²) in [6.07, 6.45) is 11.2. The minimum Gasteiger partial charge on any atom is -0.351 e. The van der Waals surface area contributed by atoms with Crippen LogP contribution in [0.1, 0.15) is 48.6 Å². The van der Waals surface area contributed by atoms with Gasteiger partial charge in [-0.15, -0.1) is 0 Å². The van der Waals surface area contributed by atoms with Gasteiger partial charge in [0.05, 0.1) is 0 Å². The van der Waals surface area contributed by atoms with Crippen molar-refractivity contribution in [2.24, 2.45) is 0 Å². The fraction of sp³-hybridized carbons (Fsp3) is 0.611. The lowest BCUT2D eigenvalue weighted by molar-refractivity contribution is 0.534. The van der Waals surface area contributed by atoms with Gasteiger partial charge in [-0.25, -0.2) is 15.0 Å². The summed E-state index contributed by atoms with van der Waals surface area (Å²) in [6.45, 7) is 6.23. The minimum absolute atomic E-state index is 0.517. The molecule has 0 N–H and O–H groups in total. The monoisotopic (exact) mass is 311 g/mol. The lowest BCUT2D eigenvalue weighted by atomic mass is 9.96. The summed E-state index contributed by atoms with van der Waals surface area (Å²) in [5.41, 5.74) is 2.71. The minimum atomic E-state index is 0.517. The van der Waals surface area contributed by atoms with Crippen molar-refractivity contribution < 1.29 is 0 Å². The maximum atomic E-state index is 4.86. The number of aromatic nitrogens is 4. The zero-order valence-electron chi connectivity index (χ0n) is 14.1. The fourth-order valence-corrected chi connectivity index (χ4v) is 4.06. The molecule has 0 radical (unpaired) electrons. The van der Waals surface area contributed by atoms with Crippen LogP contribution in [-0.4, -0.2) is 32.1 Å². The van der Waals surface area contributed by atoms with Gasteiger partial charge in [0.2, 0.25) is 0 Å². The van der Waals surface area contributed by atoms with E-state index in [-0.39, 0.29) is 0 Å². The quantitative estimate of drug-likeness (QED) is 0.874. The molecule has 3 heterocycles. The van der Waals surface area contributed by atoms with Crippen molar-refractivity contribution in [2.75, 3.05) is 11.4 Å². The van der Waals surface area contributed by atoms with Crippen molar-refractivity contribution in [2.45, 2.75) is 65.0 Å². The predicted molar refractivity (Wildman–Crippen MR) is 90.7 cm³/mol. The Morgan fingerprint density at radius 3 is 2.83 bits per heavy atom. The summed E-state index contributed by atoms with van der Waals surface area (Å²) in [5, 5.41) is 0. The van der Waals surface area contributed by atoms with Gasteiger partial charge in [0, 0.05) is 42.8 Å². The van der Waals surface area contributed by atoms with E-state index in [1.165, 1.54) is 42.8 Å². The first kappa shape index (κ1) is 14.7. The summed E-state index contributed by atoms with van der Waals surface area (Å²) in [7, 11) is 0. The number of hydrogen-bond donors (Lipinski definition) is 0. The summed E-state index contributed by atoms with van der Waals surface area (Å²) < 4.78 is 2.27. The lowest BCUT2D eigenvalue weighted by Crippen LogP contribution is -2.35. The van der Waals surface area contributed by atoms with Gasteiger partial charge in [-0.05, 0) is 52.4 Å². The van der Waals surface area contributed by atoms with Crippen molar-refractivity contribution in [3.63, 3.8) is 0 Å². The van der Waals surface area contributed by atoms with E-state index in [1.807, 2.05) is 13.1 Å². The Balaban J connectivity index is 1.66. The second-order valence-corrected chi connectivity index (χ2v) is 6.84. The number of rotatable bonds is 3. The number of anilines is 1. The SMILES string of the molecule is Cc1nc2c(c(N3CCCC3Cn3ccnc3C)n1)CCCC2. The van der Waals surface area contributed by atoms with E-state index in [0.29, 0.717) is 6.04 Å². The van der Waals surface area contributed by atoms with Gasteiger partial charge in [-0.2, -0.15) is 0 Å². The van der Waals surface area contributed by atoms with Gasteiger partial charge in [0.15, 0.2) is 0 Å². The zero-order chi connectivity index (χ0) is 15.8. The molecule has 1 fully saturated rings. The van der Waals surface area contributed by atoms with E-state index in [9.17, 15) is 0 Å². The molecule has 0 bridgehead atoms. The highest BCUT2D eigenvalue weighted by atomic mass is 15.3. The van der Waals surface area contributed by atoms with E-state index in [1.54, 1.807) is 0 Å². The largest absolute Gasteiger partial charge is 0.351 e. The first-order valence-electron chi connectivity index (χ1n) is 8.83. The number of hydrogen-bond acceptors (Lipinski definition) is 4. The summed E-state index contributed by atoms with van der Waals surface area (Å²) in [6, 6.07) is 0.517. The molecule has 1 unspecified atom stereocenters. The molecular formula is C18H25N5. The van der Waals surface area contributed by atoms with E-state index in [4.69, 9.17) is 9.97 Å². The Bertz CT molecular complexity index is 705. The van der Waals surface area contributed by atoms with Gasteiger partial charge in [-0.3, -0.25) is 0 Å². The van der Waals surface area contributed by atoms with Crippen molar-refractivity contribution >= 4 is 5.82 Å². The predicted octanol–water partition coefficient (Wildman–Crippen LogP) is 2.84. The zero-order valence-corrected chi connectivity index (χ0v) is 14.1. The molecule has 4 rings (SSSR count). The van der Waals surface area contributed by atoms with Crippen LogP contribution in [0.25, 0.3) is 0 Å². The molecule has 0 amide bonds. The fourth-order valence-electron chi connectivity index (χ4n) is 4.06. The number of nitrogens with zero attached hydrogens (tertiary/aromatic N) is 5. The molecule has 0 spiro atoms. The van der Waals surface area contributed by atoms with Crippen LogP contribution in [0.5, 0.6) is 0 Å². The van der Waals surface area contributed by atoms with Crippen LogP contribution >= 0.6 is 0 Å². The maximum absolute atomic E-state index is 4.86. The van der Waals surface area contributed by atoms with Crippen molar-refractivity contribution in [1.82, 2.24) is 19.5 Å². The van der Waals surface area contributed by atoms with Crippen LogP contribution in [-0.2, 0) is 19.4 Å². The van der Waals surface area contributed by atoms with Gasteiger partial charge in [0.1, 0.15) is 17.5 Å². The van der Waals surface area contributed by atoms with Crippen LogP contribution in [0.2, 0.25) is 0 Å². The van der Waals surface area contributed by atoms with Crippen LogP contribution in [0.3, 0.4) is 0 Å². The highest BCUT2D eigenvalue weighted by molar-refractivity contribution is 5.52. The first-order valence-corrected chi connectivity index (χ1v) is 8.83. The molecular weight excluding hydrogens is 286 g/mol. The number of aryl methyl sites for hydroxylation is 3. The second kappa shape index (κ2) is 5.95. The number of imidazole rings is 1. The molecule has 0 saturated carbocycles. The molecule has 2 aliphatic rings. The standard InChI is InChI=1S/C18H25N5/c1-13-20-17-8-4-3-7-16(17)18(21-13)23-10-5-6-15(23)12-22-11-9-19-14(22)2/h9,11,15H,3-8,10,12H2,1-2H3. The third kappa shape index (κ3) is 2.73. The average molecular weight is 311 g/mol. The van der Waals surface area contributed by atoms with Crippen molar-refractivity contribution in [3.8, 4) is 0 Å². The normalized spacial score (nSPS) is 20.8. The van der Waals surface area contributed by atoms with Crippen LogP contribution < -0.4 is 4.90 Å². The Labute approximate surface area is 137 Å². The molecule has 2 aromatic rings. The Kier molecular flexibility index (Phi) is 3.79. The van der Waals surface area contributed by atoms with Gasteiger partial charge < -0.3 is 9.47 Å². The van der Waals surface area contributed by atoms with E-state index in [2.05, 4.69) is 27.6 Å². The highest BCUT2D eigenvalue weighted by Gasteiger charge is 2.30. The van der Waals surface area contributed by atoms with Crippen molar-refractivity contribution in [3.05, 3.63) is 35.3 Å². The molecule has 122 valence electrons. The van der Waals surface area contributed by atoms with Gasteiger partial charge in [-0.1, -0.05) is 0 Å². The third-order valence-electron chi connectivity index (χ3n) is 5.25. The van der Waals surface area contributed by atoms with Gasteiger partial charge >= 0.3 is 0 Å². The molecule has 1 aliphatic carbocycles. The first-order chi connectivity index (χ1) is 11.2. The molecule has 2 aromatic heterocycles. The molecule has 5 nitrogen and oxygen atoms in total. The molecule has 0 aromatic carbocycles. The van der Waals surface area contributed by atoms with Gasteiger partial charge in [0.25, 0.3) is 0 Å².